The molecule has 2 aromatic rings. The number of hydrogen-bond acceptors (Lipinski definition) is 3. The summed E-state index contributed by atoms with van der Waals surface area (Å²) in [7, 11) is 0. The SMILES string of the molecule is CCCCCCCC(=O)c1ccc(O)c(CNc2cccc(C(F)(F)F)c2)c1. The number of ketones is 1. The lowest BCUT2D eigenvalue weighted by Gasteiger charge is -2.12. The number of rotatable bonds is 10. The first-order chi connectivity index (χ1) is 13.3. The van der Waals surface area contributed by atoms with Crippen LogP contribution in [-0.4, -0.2) is 10.9 Å². The molecule has 2 rings (SSSR count). The van der Waals surface area contributed by atoms with Crippen molar-refractivity contribution in [3.05, 3.63) is 59.2 Å². The number of hydrogen-bond donors (Lipinski definition) is 2. The van der Waals surface area contributed by atoms with Crippen LogP contribution in [0.5, 0.6) is 5.75 Å². The largest absolute Gasteiger partial charge is 0.508 e. The van der Waals surface area contributed by atoms with Gasteiger partial charge in [0.2, 0.25) is 0 Å². The Balaban J connectivity index is 1.99. The minimum atomic E-state index is -4.41. The minimum Gasteiger partial charge on any atom is -0.508 e. The molecule has 28 heavy (non-hydrogen) atoms. The fourth-order valence-corrected chi connectivity index (χ4v) is 2.94. The highest BCUT2D eigenvalue weighted by Gasteiger charge is 2.30. The van der Waals surface area contributed by atoms with E-state index in [1.165, 1.54) is 24.6 Å². The molecular weight excluding hydrogens is 367 g/mol. The molecule has 6 heteroatoms. The standard InChI is InChI=1S/C22H26F3NO2/c1-2-3-4-5-6-10-20(27)16-11-12-21(28)17(13-16)15-26-19-9-7-8-18(14-19)22(23,24)25/h7-9,11-14,26,28H,2-6,10,15H2,1H3. The van der Waals surface area contributed by atoms with Crippen molar-refractivity contribution < 1.29 is 23.1 Å². The van der Waals surface area contributed by atoms with Gasteiger partial charge in [0, 0.05) is 29.8 Å². The Morgan fingerprint density at radius 3 is 2.50 bits per heavy atom. The molecule has 152 valence electrons. The summed E-state index contributed by atoms with van der Waals surface area (Å²) in [5.41, 5.74) is 0.527. The molecule has 0 aromatic heterocycles. The van der Waals surface area contributed by atoms with Crippen LogP contribution in [0.4, 0.5) is 18.9 Å². The van der Waals surface area contributed by atoms with Gasteiger partial charge in [-0.3, -0.25) is 4.79 Å². The number of alkyl halides is 3. The molecule has 0 aliphatic carbocycles. The highest BCUT2D eigenvalue weighted by molar-refractivity contribution is 5.96. The number of Topliss-reactive ketones (excluding diaryl/α,β-unsaturated/α-hetero) is 1. The van der Waals surface area contributed by atoms with Gasteiger partial charge in [-0.15, -0.1) is 0 Å². The molecule has 3 nitrogen and oxygen atoms in total. The molecule has 0 bridgehead atoms. The van der Waals surface area contributed by atoms with Crippen LogP contribution in [-0.2, 0) is 12.7 Å². The molecule has 0 amide bonds. The van der Waals surface area contributed by atoms with Crippen LogP contribution in [0.15, 0.2) is 42.5 Å². The molecule has 0 atom stereocenters. The third-order valence-corrected chi connectivity index (χ3v) is 4.58. The van der Waals surface area contributed by atoms with Crippen molar-refractivity contribution in [2.75, 3.05) is 5.32 Å². The van der Waals surface area contributed by atoms with Crippen molar-refractivity contribution in [1.82, 2.24) is 0 Å². The molecule has 0 aliphatic rings. The Kier molecular flexibility index (Phi) is 7.91. The number of anilines is 1. The summed E-state index contributed by atoms with van der Waals surface area (Å²) in [4.78, 5) is 12.3. The van der Waals surface area contributed by atoms with Gasteiger partial charge in [-0.05, 0) is 42.8 Å². The predicted molar refractivity (Wildman–Crippen MR) is 105 cm³/mol. The zero-order valence-electron chi connectivity index (χ0n) is 16.0. The number of benzene rings is 2. The molecule has 2 aromatic carbocycles. The maximum atomic E-state index is 12.8. The Morgan fingerprint density at radius 1 is 1.04 bits per heavy atom. The van der Waals surface area contributed by atoms with E-state index in [4.69, 9.17) is 0 Å². The Morgan fingerprint density at radius 2 is 1.79 bits per heavy atom. The molecule has 0 radical (unpaired) electrons. The average molecular weight is 393 g/mol. The Labute approximate surface area is 163 Å². The van der Waals surface area contributed by atoms with E-state index < -0.39 is 11.7 Å². The topological polar surface area (TPSA) is 49.3 Å². The monoisotopic (exact) mass is 393 g/mol. The number of nitrogens with one attached hydrogen (secondary N) is 1. The molecular formula is C22H26F3NO2. The van der Waals surface area contributed by atoms with E-state index in [2.05, 4.69) is 12.2 Å². The van der Waals surface area contributed by atoms with Gasteiger partial charge in [-0.1, -0.05) is 38.7 Å². The van der Waals surface area contributed by atoms with Crippen LogP contribution in [0, 0.1) is 0 Å². The van der Waals surface area contributed by atoms with E-state index in [9.17, 15) is 23.1 Å². The molecule has 2 N–H and O–H groups in total. The molecule has 0 unspecified atom stereocenters. The van der Waals surface area contributed by atoms with Gasteiger partial charge >= 0.3 is 6.18 Å². The number of phenolic OH excluding ortho intramolecular Hbond substituents is 1. The number of aromatic hydroxyl groups is 1. The number of halogens is 3. The predicted octanol–water partition coefficient (Wildman–Crippen LogP) is 6.57. The van der Waals surface area contributed by atoms with Crippen molar-refractivity contribution in [2.24, 2.45) is 0 Å². The van der Waals surface area contributed by atoms with Gasteiger partial charge in [0.15, 0.2) is 5.78 Å². The smallest absolute Gasteiger partial charge is 0.416 e. The zero-order valence-corrected chi connectivity index (χ0v) is 16.0. The fraction of sp³-hybridized carbons (Fsp3) is 0.409. The summed E-state index contributed by atoms with van der Waals surface area (Å²) in [6.07, 6.45) is 1.32. The summed E-state index contributed by atoms with van der Waals surface area (Å²) in [5, 5.41) is 12.9. The second-order valence-electron chi connectivity index (χ2n) is 6.86. The lowest BCUT2D eigenvalue weighted by atomic mass is 10.0. The second kappa shape index (κ2) is 10.2. The first-order valence-corrected chi connectivity index (χ1v) is 9.57. The normalized spacial score (nSPS) is 11.4. The van der Waals surface area contributed by atoms with Crippen LogP contribution < -0.4 is 5.32 Å². The van der Waals surface area contributed by atoms with E-state index >= 15 is 0 Å². The minimum absolute atomic E-state index is 0.000952. The van der Waals surface area contributed by atoms with Crippen LogP contribution in [0.3, 0.4) is 0 Å². The summed E-state index contributed by atoms with van der Waals surface area (Å²) in [6, 6.07) is 9.50. The van der Waals surface area contributed by atoms with Crippen molar-refractivity contribution in [2.45, 2.75) is 58.2 Å². The molecule has 0 spiro atoms. The van der Waals surface area contributed by atoms with Gasteiger partial charge in [0.05, 0.1) is 5.56 Å². The molecule has 0 fully saturated rings. The van der Waals surface area contributed by atoms with Crippen molar-refractivity contribution in [3.63, 3.8) is 0 Å². The van der Waals surface area contributed by atoms with Crippen LogP contribution >= 0.6 is 0 Å². The van der Waals surface area contributed by atoms with Crippen LogP contribution in [0.1, 0.15) is 66.9 Å². The Hall–Kier alpha value is -2.50. The van der Waals surface area contributed by atoms with Gasteiger partial charge < -0.3 is 10.4 Å². The molecule has 0 aliphatic heterocycles. The van der Waals surface area contributed by atoms with Crippen molar-refractivity contribution in [1.29, 1.82) is 0 Å². The average Bonchev–Trinajstić information content (AvgIpc) is 2.66. The van der Waals surface area contributed by atoms with E-state index in [0.29, 0.717) is 23.2 Å². The van der Waals surface area contributed by atoms with Gasteiger partial charge in [0.25, 0.3) is 0 Å². The van der Waals surface area contributed by atoms with E-state index in [-0.39, 0.29) is 18.1 Å². The first kappa shape index (κ1) is 21.8. The third-order valence-electron chi connectivity index (χ3n) is 4.58. The van der Waals surface area contributed by atoms with E-state index in [1.807, 2.05) is 0 Å². The van der Waals surface area contributed by atoms with Crippen LogP contribution in [0.25, 0.3) is 0 Å². The first-order valence-electron chi connectivity index (χ1n) is 9.57. The lowest BCUT2D eigenvalue weighted by molar-refractivity contribution is -0.137. The van der Waals surface area contributed by atoms with E-state index in [1.54, 1.807) is 12.1 Å². The maximum Gasteiger partial charge on any atom is 0.416 e. The van der Waals surface area contributed by atoms with Crippen molar-refractivity contribution >= 4 is 11.5 Å². The third kappa shape index (κ3) is 6.59. The number of carbonyl (C=O) groups excluding carboxylic acids is 1. The van der Waals surface area contributed by atoms with Gasteiger partial charge in [-0.25, -0.2) is 0 Å². The quantitative estimate of drug-likeness (QED) is 0.355. The summed E-state index contributed by atoms with van der Waals surface area (Å²) in [6.45, 7) is 2.25. The van der Waals surface area contributed by atoms with Gasteiger partial charge in [-0.2, -0.15) is 13.2 Å². The second-order valence-corrected chi connectivity index (χ2v) is 6.86. The zero-order chi connectivity index (χ0) is 20.6. The highest BCUT2D eigenvalue weighted by atomic mass is 19.4. The number of unbranched alkanes of at least 4 members (excludes halogenated alkanes) is 4. The number of carbonyl (C=O) groups is 1. The highest BCUT2D eigenvalue weighted by Crippen LogP contribution is 2.31. The fourth-order valence-electron chi connectivity index (χ4n) is 2.94. The summed E-state index contributed by atoms with van der Waals surface area (Å²) < 4.78 is 38.4. The number of phenols is 1. The maximum absolute atomic E-state index is 12.8. The van der Waals surface area contributed by atoms with Crippen molar-refractivity contribution in [3.8, 4) is 5.75 Å². The summed E-state index contributed by atoms with van der Waals surface area (Å²) >= 11 is 0. The van der Waals surface area contributed by atoms with E-state index in [0.717, 1.165) is 37.8 Å². The Bertz CT molecular complexity index is 788. The lowest BCUT2D eigenvalue weighted by Crippen LogP contribution is -2.07. The van der Waals surface area contributed by atoms with Crippen LogP contribution in [0.2, 0.25) is 0 Å². The molecule has 0 saturated heterocycles. The molecule has 0 heterocycles. The molecule has 0 saturated carbocycles. The summed E-state index contributed by atoms with van der Waals surface area (Å²) in [5.74, 6) is 0.00999. The van der Waals surface area contributed by atoms with Gasteiger partial charge in [0.1, 0.15) is 5.75 Å².